The molecule has 2 heterocycles. The molecular formula is C16H11IN2. The van der Waals surface area contributed by atoms with Crippen LogP contribution >= 0.6 is 22.6 Å². The first-order valence-electron chi connectivity index (χ1n) is 6.22. The molecule has 1 atom stereocenters. The van der Waals surface area contributed by atoms with E-state index >= 15 is 0 Å². The summed E-state index contributed by atoms with van der Waals surface area (Å²) in [4.78, 5) is 4.55. The summed E-state index contributed by atoms with van der Waals surface area (Å²) in [6, 6.07) is 17.1. The van der Waals surface area contributed by atoms with E-state index in [9.17, 15) is 0 Å². The quantitative estimate of drug-likeness (QED) is 0.431. The summed E-state index contributed by atoms with van der Waals surface area (Å²) in [7, 11) is 0. The van der Waals surface area contributed by atoms with E-state index in [0.717, 1.165) is 5.82 Å². The predicted octanol–water partition coefficient (Wildman–Crippen LogP) is 4.38. The van der Waals surface area contributed by atoms with Gasteiger partial charge in [0.05, 0.1) is 9.61 Å². The van der Waals surface area contributed by atoms with E-state index in [1.54, 1.807) is 0 Å². The van der Waals surface area contributed by atoms with Crippen LogP contribution in [-0.2, 0) is 0 Å². The number of rotatable bonds is 0. The molecule has 19 heavy (non-hydrogen) atoms. The number of fused-ring (bicyclic) bond motifs is 5. The molecule has 0 saturated heterocycles. The zero-order chi connectivity index (χ0) is 12.8. The highest BCUT2D eigenvalue weighted by atomic mass is 127. The number of aromatic nitrogens is 2. The van der Waals surface area contributed by atoms with E-state index in [0.29, 0.717) is 3.92 Å². The number of alkyl halides is 1. The molecule has 1 aliphatic rings. The van der Waals surface area contributed by atoms with E-state index in [-0.39, 0.29) is 0 Å². The minimum Gasteiger partial charge on any atom is -0.299 e. The van der Waals surface area contributed by atoms with Crippen molar-refractivity contribution in [3.05, 3.63) is 72.1 Å². The van der Waals surface area contributed by atoms with Crippen LogP contribution in [0.5, 0.6) is 0 Å². The summed E-state index contributed by atoms with van der Waals surface area (Å²) < 4.78 is 2.54. The van der Waals surface area contributed by atoms with E-state index in [1.165, 1.54) is 22.4 Å². The molecular weight excluding hydrogens is 347 g/mol. The van der Waals surface area contributed by atoms with Crippen molar-refractivity contribution in [3.8, 4) is 17.1 Å². The van der Waals surface area contributed by atoms with Gasteiger partial charge in [0.15, 0.2) is 0 Å². The first-order chi connectivity index (χ1) is 9.36. The Morgan fingerprint density at radius 3 is 2.58 bits per heavy atom. The molecule has 2 aromatic carbocycles. The molecule has 0 fully saturated rings. The summed E-state index contributed by atoms with van der Waals surface area (Å²) >= 11 is 2.52. The van der Waals surface area contributed by atoms with Crippen molar-refractivity contribution in [2.45, 2.75) is 3.92 Å². The second-order valence-electron chi connectivity index (χ2n) is 4.63. The van der Waals surface area contributed by atoms with Gasteiger partial charge in [-0.15, -0.1) is 0 Å². The van der Waals surface area contributed by atoms with Gasteiger partial charge in [-0.05, 0) is 17.2 Å². The number of hydrogen-bond donors (Lipinski definition) is 0. The lowest BCUT2D eigenvalue weighted by Gasteiger charge is -2.13. The maximum absolute atomic E-state index is 4.55. The van der Waals surface area contributed by atoms with Crippen LogP contribution in [0.25, 0.3) is 17.1 Å². The van der Waals surface area contributed by atoms with Gasteiger partial charge in [-0.1, -0.05) is 65.1 Å². The van der Waals surface area contributed by atoms with Gasteiger partial charge >= 0.3 is 0 Å². The standard InChI is InChI=1S/C16H11IN2/c17-15-11-5-1-2-6-12(11)16-18-9-10-19(16)14-8-4-3-7-13(14)15/h1-10,15H. The first kappa shape index (κ1) is 11.2. The van der Waals surface area contributed by atoms with Gasteiger partial charge < -0.3 is 0 Å². The lowest BCUT2D eigenvalue weighted by Crippen LogP contribution is -1.97. The van der Waals surface area contributed by atoms with Crippen LogP contribution in [0.15, 0.2) is 60.9 Å². The van der Waals surface area contributed by atoms with Crippen molar-refractivity contribution in [1.82, 2.24) is 9.55 Å². The van der Waals surface area contributed by atoms with Crippen molar-refractivity contribution >= 4 is 22.6 Å². The van der Waals surface area contributed by atoms with E-state index in [2.05, 4.69) is 80.7 Å². The van der Waals surface area contributed by atoms with Gasteiger partial charge in [0.25, 0.3) is 0 Å². The molecule has 0 spiro atoms. The Labute approximate surface area is 125 Å². The van der Waals surface area contributed by atoms with Gasteiger partial charge in [0.1, 0.15) is 5.82 Å². The maximum atomic E-state index is 4.55. The second-order valence-corrected chi connectivity index (χ2v) is 5.88. The zero-order valence-electron chi connectivity index (χ0n) is 10.1. The zero-order valence-corrected chi connectivity index (χ0v) is 12.3. The van der Waals surface area contributed by atoms with Crippen LogP contribution < -0.4 is 0 Å². The van der Waals surface area contributed by atoms with Crippen LogP contribution in [0, 0.1) is 0 Å². The van der Waals surface area contributed by atoms with E-state index < -0.39 is 0 Å². The molecule has 3 aromatic rings. The smallest absolute Gasteiger partial charge is 0.144 e. The molecule has 0 amide bonds. The van der Waals surface area contributed by atoms with E-state index in [4.69, 9.17) is 0 Å². The molecule has 3 heteroatoms. The SMILES string of the molecule is IC1c2ccccc2-c2nccn2-c2ccccc21. The van der Waals surface area contributed by atoms with Gasteiger partial charge in [0.2, 0.25) is 0 Å². The Hall–Kier alpha value is -1.62. The van der Waals surface area contributed by atoms with Crippen molar-refractivity contribution < 1.29 is 0 Å². The third kappa shape index (κ3) is 1.57. The molecule has 0 radical (unpaired) electrons. The monoisotopic (exact) mass is 358 g/mol. The molecule has 0 N–H and O–H groups in total. The van der Waals surface area contributed by atoms with Crippen molar-refractivity contribution in [2.24, 2.45) is 0 Å². The summed E-state index contributed by atoms with van der Waals surface area (Å²) in [6.07, 6.45) is 3.91. The number of halogens is 1. The third-order valence-electron chi connectivity index (χ3n) is 3.58. The Bertz CT molecular complexity index is 699. The number of imidazole rings is 1. The highest BCUT2D eigenvalue weighted by Gasteiger charge is 2.24. The largest absolute Gasteiger partial charge is 0.299 e. The van der Waals surface area contributed by atoms with Gasteiger partial charge in [-0.3, -0.25) is 4.57 Å². The number of nitrogens with zero attached hydrogens (tertiary/aromatic N) is 2. The summed E-state index contributed by atoms with van der Waals surface area (Å²) in [6.45, 7) is 0. The summed E-state index contributed by atoms with van der Waals surface area (Å²) in [5, 5.41) is 0. The third-order valence-corrected chi connectivity index (χ3v) is 4.93. The Morgan fingerprint density at radius 1 is 0.947 bits per heavy atom. The predicted molar refractivity (Wildman–Crippen MR) is 84.9 cm³/mol. The number of hydrogen-bond acceptors (Lipinski definition) is 1. The lowest BCUT2D eigenvalue weighted by atomic mass is 10.00. The lowest BCUT2D eigenvalue weighted by molar-refractivity contribution is 1.05. The molecule has 1 unspecified atom stereocenters. The van der Waals surface area contributed by atoms with Crippen LogP contribution in [0.1, 0.15) is 15.1 Å². The van der Waals surface area contributed by atoms with Gasteiger partial charge in [0, 0.05) is 18.0 Å². The first-order valence-corrected chi connectivity index (χ1v) is 7.47. The number of benzene rings is 2. The highest BCUT2D eigenvalue weighted by molar-refractivity contribution is 14.1. The van der Waals surface area contributed by atoms with E-state index in [1.807, 2.05) is 12.4 Å². The van der Waals surface area contributed by atoms with Crippen molar-refractivity contribution in [3.63, 3.8) is 0 Å². The topological polar surface area (TPSA) is 17.8 Å². The van der Waals surface area contributed by atoms with Gasteiger partial charge in [-0.2, -0.15) is 0 Å². The van der Waals surface area contributed by atoms with Crippen LogP contribution in [0.4, 0.5) is 0 Å². The minimum absolute atomic E-state index is 0.353. The molecule has 0 saturated carbocycles. The normalized spacial score (nSPS) is 16.2. The second kappa shape index (κ2) is 4.20. The summed E-state index contributed by atoms with van der Waals surface area (Å²) in [5.41, 5.74) is 5.13. The molecule has 0 bridgehead atoms. The fourth-order valence-corrected chi connectivity index (χ4v) is 3.78. The van der Waals surface area contributed by atoms with Crippen LogP contribution in [0.2, 0.25) is 0 Å². The average Bonchev–Trinajstić information content (AvgIpc) is 2.92. The average molecular weight is 358 g/mol. The Kier molecular flexibility index (Phi) is 2.48. The highest BCUT2D eigenvalue weighted by Crippen LogP contribution is 2.43. The molecule has 2 nitrogen and oxygen atoms in total. The molecule has 1 aliphatic heterocycles. The fraction of sp³-hybridized carbons (Fsp3) is 0.0625. The van der Waals surface area contributed by atoms with Crippen molar-refractivity contribution in [2.75, 3.05) is 0 Å². The molecule has 1 aromatic heterocycles. The summed E-state index contributed by atoms with van der Waals surface area (Å²) in [5.74, 6) is 1.03. The fourth-order valence-electron chi connectivity index (χ4n) is 2.71. The van der Waals surface area contributed by atoms with Crippen molar-refractivity contribution in [1.29, 1.82) is 0 Å². The Balaban J connectivity index is 2.15. The van der Waals surface area contributed by atoms with Crippen LogP contribution in [0.3, 0.4) is 0 Å². The van der Waals surface area contributed by atoms with Gasteiger partial charge in [-0.25, -0.2) is 4.98 Å². The number of para-hydroxylation sites is 1. The molecule has 92 valence electrons. The maximum Gasteiger partial charge on any atom is 0.144 e. The Morgan fingerprint density at radius 2 is 1.68 bits per heavy atom. The molecule has 0 aliphatic carbocycles. The minimum atomic E-state index is 0.353. The molecule has 4 rings (SSSR count). The van der Waals surface area contributed by atoms with Crippen LogP contribution in [-0.4, -0.2) is 9.55 Å².